The van der Waals surface area contributed by atoms with Gasteiger partial charge in [-0.25, -0.2) is 0 Å². The zero-order chi connectivity index (χ0) is 8.10. The highest BCUT2D eigenvalue weighted by Gasteiger charge is 2.05. The first kappa shape index (κ1) is 7.53. The Hall–Kier alpha value is -1.58. The molecule has 0 aliphatic rings. The van der Waals surface area contributed by atoms with E-state index in [9.17, 15) is 0 Å². The lowest BCUT2D eigenvalue weighted by Gasteiger charge is -1.91. The molecular weight excluding hydrogens is 144 g/mol. The standard InChI is InChI=1S/C7H8N2O2/c1-11-9-5-3-2-4-7(9)6-8-10/h2-6H,1H3/p+1. The van der Waals surface area contributed by atoms with Crippen LogP contribution in [-0.4, -0.2) is 18.5 Å². The maximum absolute atomic E-state index is 8.24. The molecule has 1 aromatic rings. The Morgan fingerprint density at radius 2 is 2.45 bits per heavy atom. The van der Waals surface area contributed by atoms with Gasteiger partial charge in [0, 0.05) is 16.9 Å². The van der Waals surface area contributed by atoms with Gasteiger partial charge < -0.3 is 5.21 Å². The van der Waals surface area contributed by atoms with E-state index in [2.05, 4.69) is 5.16 Å². The lowest BCUT2D eigenvalue weighted by Crippen LogP contribution is -2.43. The molecule has 58 valence electrons. The molecular formula is C7H9N2O2+. The molecule has 4 nitrogen and oxygen atoms in total. The van der Waals surface area contributed by atoms with Crippen molar-refractivity contribution in [2.45, 2.75) is 0 Å². The summed E-state index contributed by atoms with van der Waals surface area (Å²) >= 11 is 0. The minimum Gasteiger partial charge on any atom is -0.411 e. The van der Waals surface area contributed by atoms with E-state index in [0.717, 1.165) is 0 Å². The molecule has 0 bridgehead atoms. The highest BCUT2D eigenvalue weighted by molar-refractivity contribution is 5.74. The minimum absolute atomic E-state index is 0.678. The van der Waals surface area contributed by atoms with Gasteiger partial charge in [-0.05, 0) is 6.07 Å². The highest BCUT2D eigenvalue weighted by Crippen LogP contribution is 1.84. The summed E-state index contributed by atoms with van der Waals surface area (Å²) in [7, 11) is 1.54. The van der Waals surface area contributed by atoms with Crippen molar-refractivity contribution in [3.63, 3.8) is 0 Å². The second kappa shape index (κ2) is 3.55. The van der Waals surface area contributed by atoms with Crippen molar-refractivity contribution in [1.82, 2.24) is 0 Å². The fourth-order valence-electron chi connectivity index (χ4n) is 0.767. The third kappa shape index (κ3) is 1.67. The van der Waals surface area contributed by atoms with Crippen molar-refractivity contribution in [2.75, 3.05) is 7.11 Å². The summed E-state index contributed by atoms with van der Waals surface area (Å²) in [5.41, 5.74) is 0.678. The number of pyridine rings is 1. The molecule has 4 heteroatoms. The van der Waals surface area contributed by atoms with Crippen LogP contribution in [0.3, 0.4) is 0 Å². The van der Waals surface area contributed by atoms with Gasteiger partial charge in [0.25, 0.3) is 5.69 Å². The summed E-state index contributed by atoms with van der Waals surface area (Å²) in [6.07, 6.45) is 3.01. The van der Waals surface area contributed by atoms with Crippen LogP contribution in [0.15, 0.2) is 29.6 Å². The van der Waals surface area contributed by atoms with Crippen LogP contribution in [0.2, 0.25) is 0 Å². The second-order valence-corrected chi connectivity index (χ2v) is 1.88. The Kier molecular flexibility index (Phi) is 2.43. The van der Waals surface area contributed by atoms with Gasteiger partial charge in [0.2, 0.25) is 6.20 Å². The average Bonchev–Trinajstić information content (AvgIpc) is 2.06. The fourth-order valence-corrected chi connectivity index (χ4v) is 0.767. The van der Waals surface area contributed by atoms with Crippen LogP contribution >= 0.6 is 0 Å². The van der Waals surface area contributed by atoms with E-state index in [-0.39, 0.29) is 0 Å². The van der Waals surface area contributed by atoms with Crippen molar-refractivity contribution in [1.29, 1.82) is 0 Å². The molecule has 1 heterocycles. The van der Waals surface area contributed by atoms with Gasteiger partial charge in [-0.2, -0.15) is 0 Å². The number of nitrogens with zero attached hydrogens (tertiary/aromatic N) is 2. The zero-order valence-corrected chi connectivity index (χ0v) is 6.14. The molecule has 0 aromatic carbocycles. The predicted octanol–water partition coefficient (Wildman–Crippen LogP) is -0.159. The Morgan fingerprint density at radius 3 is 3.09 bits per heavy atom. The Labute approximate surface area is 64.3 Å². The Morgan fingerprint density at radius 1 is 1.64 bits per heavy atom. The molecule has 0 spiro atoms. The summed E-state index contributed by atoms with van der Waals surface area (Å²) in [6, 6.07) is 5.41. The van der Waals surface area contributed by atoms with E-state index >= 15 is 0 Å². The topological polar surface area (TPSA) is 45.7 Å². The number of aromatic nitrogens is 1. The molecule has 1 aromatic heterocycles. The molecule has 0 atom stereocenters. The fraction of sp³-hybridized carbons (Fsp3) is 0.143. The Bertz CT molecular complexity index is 260. The van der Waals surface area contributed by atoms with Crippen molar-refractivity contribution in [2.24, 2.45) is 5.16 Å². The van der Waals surface area contributed by atoms with Crippen LogP contribution in [0.4, 0.5) is 0 Å². The van der Waals surface area contributed by atoms with Gasteiger partial charge >= 0.3 is 0 Å². The molecule has 0 unspecified atom stereocenters. The van der Waals surface area contributed by atoms with Crippen molar-refractivity contribution in [3.8, 4) is 0 Å². The quantitative estimate of drug-likeness (QED) is 0.278. The predicted molar refractivity (Wildman–Crippen MR) is 38.5 cm³/mol. The molecule has 0 fully saturated rings. The minimum atomic E-state index is 0.678. The van der Waals surface area contributed by atoms with Crippen LogP contribution in [0, 0.1) is 0 Å². The summed E-state index contributed by atoms with van der Waals surface area (Å²) < 4.78 is 1.49. The lowest BCUT2D eigenvalue weighted by molar-refractivity contribution is -0.886. The molecule has 0 saturated heterocycles. The summed E-state index contributed by atoms with van der Waals surface area (Å²) in [6.45, 7) is 0. The molecule has 0 aliphatic carbocycles. The molecule has 0 aliphatic heterocycles. The molecule has 0 amide bonds. The Balaban J connectivity index is 3.02. The maximum Gasteiger partial charge on any atom is 0.278 e. The van der Waals surface area contributed by atoms with E-state index in [1.807, 2.05) is 12.1 Å². The number of oxime groups is 1. The SMILES string of the molecule is CO[n+]1ccccc1C=NO. The lowest BCUT2D eigenvalue weighted by atomic mass is 10.4. The number of hydrogen-bond donors (Lipinski definition) is 1. The van der Waals surface area contributed by atoms with Crippen molar-refractivity contribution >= 4 is 6.21 Å². The van der Waals surface area contributed by atoms with Gasteiger partial charge in [0.1, 0.15) is 13.3 Å². The summed E-state index contributed by atoms with van der Waals surface area (Å²) in [4.78, 5) is 4.91. The molecule has 1 N–H and O–H groups in total. The van der Waals surface area contributed by atoms with Crippen LogP contribution in [0.5, 0.6) is 0 Å². The van der Waals surface area contributed by atoms with Crippen LogP contribution in [0.1, 0.15) is 5.69 Å². The highest BCUT2D eigenvalue weighted by atomic mass is 16.6. The summed E-state index contributed by atoms with van der Waals surface area (Å²) in [5.74, 6) is 0. The normalized spacial score (nSPS) is 10.3. The maximum atomic E-state index is 8.24. The third-order valence-corrected chi connectivity index (χ3v) is 1.24. The van der Waals surface area contributed by atoms with E-state index in [0.29, 0.717) is 5.69 Å². The molecule has 11 heavy (non-hydrogen) atoms. The van der Waals surface area contributed by atoms with Gasteiger partial charge in [0.15, 0.2) is 0 Å². The first-order valence-electron chi connectivity index (χ1n) is 3.11. The monoisotopic (exact) mass is 153 g/mol. The first-order valence-corrected chi connectivity index (χ1v) is 3.11. The van der Waals surface area contributed by atoms with Gasteiger partial charge in [-0.1, -0.05) is 5.16 Å². The molecule has 0 saturated carbocycles. The van der Waals surface area contributed by atoms with Crippen molar-refractivity contribution < 1.29 is 14.8 Å². The van der Waals surface area contributed by atoms with Gasteiger partial charge in [0.05, 0.1) is 0 Å². The second-order valence-electron chi connectivity index (χ2n) is 1.88. The van der Waals surface area contributed by atoms with E-state index in [4.69, 9.17) is 10.0 Å². The van der Waals surface area contributed by atoms with Crippen molar-refractivity contribution in [3.05, 3.63) is 30.1 Å². The van der Waals surface area contributed by atoms with E-state index in [1.165, 1.54) is 18.1 Å². The number of rotatable bonds is 2. The van der Waals surface area contributed by atoms with Gasteiger partial charge in [-0.15, -0.1) is 0 Å². The molecule has 1 rings (SSSR count). The van der Waals surface area contributed by atoms with Crippen LogP contribution in [0.25, 0.3) is 0 Å². The van der Waals surface area contributed by atoms with Crippen LogP contribution < -0.4 is 9.57 Å². The smallest absolute Gasteiger partial charge is 0.278 e. The largest absolute Gasteiger partial charge is 0.411 e. The average molecular weight is 153 g/mol. The van der Waals surface area contributed by atoms with Crippen LogP contribution in [-0.2, 0) is 0 Å². The summed E-state index contributed by atoms with van der Waals surface area (Å²) in [5, 5.41) is 11.1. The van der Waals surface area contributed by atoms with E-state index < -0.39 is 0 Å². The van der Waals surface area contributed by atoms with E-state index in [1.54, 1.807) is 12.3 Å². The number of hydrogen-bond acceptors (Lipinski definition) is 3. The first-order chi connectivity index (χ1) is 5.38. The third-order valence-electron chi connectivity index (χ3n) is 1.24. The van der Waals surface area contributed by atoms with Gasteiger partial charge in [-0.3, -0.25) is 4.84 Å². The molecule has 0 radical (unpaired) electrons. The zero-order valence-electron chi connectivity index (χ0n) is 6.14.